The maximum atomic E-state index is 9.25. The van der Waals surface area contributed by atoms with E-state index < -0.39 is 6.29 Å². The zero-order valence-corrected chi connectivity index (χ0v) is 18.2. The lowest BCUT2D eigenvalue weighted by Gasteiger charge is -2.08. The van der Waals surface area contributed by atoms with Crippen LogP contribution in [-0.4, -0.2) is 41.4 Å². The van der Waals surface area contributed by atoms with Gasteiger partial charge in [-0.3, -0.25) is 0 Å². The highest BCUT2D eigenvalue weighted by Gasteiger charge is 1.98. The van der Waals surface area contributed by atoms with Crippen LogP contribution in [0.5, 0.6) is 0 Å². The van der Waals surface area contributed by atoms with Gasteiger partial charge in [-0.05, 0) is 38.5 Å². The lowest BCUT2D eigenvalue weighted by Crippen LogP contribution is -2.10. The highest BCUT2D eigenvalue weighted by Crippen LogP contribution is 2.10. The van der Waals surface area contributed by atoms with Gasteiger partial charge >= 0.3 is 0 Å². The molecule has 1 unspecified atom stereocenters. The van der Waals surface area contributed by atoms with Crippen molar-refractivity contribution in [2.75, 3.05) is 19.8 Å². The van der Waals surface area contributed by atoms with Crippen LogP contribution in [0.2, 0.25) is 0 Å². The van der Waals surface area contributed by atoms with Crippen LogP contribution in [0.15, 0.2) is 12.2 Å². The minimum absolute atomic E-state index is 0.125. The van der Waals surface area contributed by atoms with Crippen LogP contribution in [0.4, 0.5) is 0 Å². The van der Waals surface area contributed by atoms with E-state index >= 15 is 0 Å². The molecule has 0 aromatic rings. The maximum absolute atomic E-state index is 9.25. The van der Waals surface area contributed by atoms with E-state index in [1.807, 2.05) is 6.92 Å². The average Bonchev–Trinajstić information content (AvgIpc) is 2.70. The Morgan fingerprint density at radius 1 is 0.667 bits per heavy atom. The second-order valence-electron chi connectivity index (χ2n) is 7.12. The van der Waals surface area contributed by atoms with Gasteiger partial charge in [0.05, 0.1) is 13.2 Å². The molecule has 3 N–H and O–H groups in total. The van der Waals surface area contributed by atoms with E-state index in [0.717, 1.165) is 6.42 Å². The van der Waals surface area contributed by atoms with Crippen LogP contribution < -0.4 is 0 Å². The molecule has 0 heterocycles. The molecule has 0 aliphatic rings. The van der Waals surface area contributed by atoms with E-state index in [-0.39, 0.29) is 13.2 Å². The third-order valence-corrected chi connectivity index (χ3v) is 4.42. The molecule has 0 aromatic carbocycles. The van der Waals surface area contributed by atoms with E-state index in [4.69, 9.17) is 14.9 Å². The Morgan fingerprint density at radius 2 is 1.11 bits per heavy atom. The van der Waals surface area contributed by atoms with Gasteiger partial charge in [-0.1, -0.05) is 83.8 Å². The largest absolute Gasteiger partial charge is 0.394 e. The molecular weight excluding hydrogens is 340 g/mol. The van der Waals surface area contributed by atoms with Gasteiger partial charge in [-0.2, -0.15) is 0 Å². The third-order valence-electron chi connectivity index (χ3n) is 4.42. The Morgan fingerprint density at radius 3 is 1.56 bits per heavy atom. The third kappa shape index (κ3) is 30.5. The summed E-state index contributed by atoms with van der Waals surface area (Å²) < 4.78 is 5.26. The van der Waals surface area contributed by atoms with Crippen molar-refractivity contribution in [1.82, 2.24) is 0 Å². The van der Waals surface area contributed by atoms with Gasteiger partial charge < -0.3 is 20.1 Å². The topological polar surface area (TPSA) is 69.9 Å². The Bertz CT molecular complexity index is 267. The summed E-state index contributed by atoms with van der Waals surface area (Å²) in [7, 11) is 0. The van der Waals surface area contributed by atoms with Crippen LogP contribution in [-0.2, 0) is 4.74 Å². The summed E-state index contributed by atoms with van der Waals surface area (Å²) in [5, 5.41) is 24.5. The average molecular weight is 389 g/mol. The minimum Gasteiger partial charge on any atom is -0.394 e. The number of hydrogen-bond acceptors (Lipinski definition) is 4. The number of aliphatic hydroxyl groups excluding tert-OH is 3. The molecule has 0 saturated heterocycles. The van der Waals surface area contributed by atoms with E-state index in [0.29, 0.717) is 13.0 Å². The highest BCUT2D eigenvalue weighted by atomic mass is 16.6. The molecule has 164 valence electrons. The summed E-state index contributed by atoms with van der Waals surface area (Å²) in [6.07, 6.45) is 23.4. The summed E-state index contributed by atoms with van der Waals surface area (Å²) in [5.41, 5.74) is 0. The van der Waals surface area contributed by atoms with Crippen LogP contribution in [0.1, 0.15) is 110 Å². The molecule has 1 atom stereocenters. The molecule has 27 heavy (non-hydrogen) atoms. The molecule has 0 bridgehead atoms. The van der Waals surface area contributed by atoms with Crippen molar-refractivity contribution in [1.29, 1.82) is 0 Å². The van der Waals surface area contributed by atoms with E-state index in [2.05, 4.69) is 19.1 Å². The Balaban J connectivity index is 0. The summed E-state index contributed by atoms with van der Waals surface area (Å²) in [4.78, 5) is 0. The maximum Gasteiger partial charge on any atom is 0.154 e. The Hall–Kier alpha value is -0.420. The summed E-state index contributed by atoms with van der Waals surface area (Å²) in [6, 6.07) is 0. The molecule has 0 aliphatic carbocycles. The zero-order valence-electron chi connectivity index (χ0n) is 18.2. The SMILES string of the molecule is CCCCCCCC/C=C\CCCCCCCCOC(O)CC.OCCO. The van der Waals surface area contributed by atoms with Crippen molar-refractivity contribution in [3.05, 3.63) is 12.2 Å². The minimum atomic E-state index is -0.557. The predicted molar refractivity (Wildman–Crippen MR) is 116 cm³/mol. The standard InChI is InChI=1S/C21H42O2.C2H6O2/c1-3-5-6-7-8-9-10-11-12-13-14-15-16-17-18-19-20-23-21(22)4-2;3-1-2-4/h11-12,21-22H,3-10,13-20H2,1-2H3;3-4H,1-2H2/b12-11-;. The molecule has 0 radical (unpaired) electrons. The molecule has 0 amide bonds. The monoisotopic (exact) mass is 388 g/mol. The quantitative estimate of drug-likeness (QED) is 0.150. The van der Waals surface area contributed by atoms with Crippen molar-refractivity contribution in [2.45, 2.75) is 116 Å². The first kappa shape index (κ1) is 28.8. The normalized spacial score (nSPS) is 12.2. The smallest absolute Gasteiger partial charge is 0.154 e. The van der Waals surface area contributed by atoms with E-state index in [1.165, 1.54) is 83.5 Å². The number of ether oxygens (including phenoxy) is 1. The van der Waals surface area contributed by atoms with E-state index in [9.17, 15) is 5.11 Å². The molecule has 0 rings (SSSR count). The first-order chi connectivity index (χ1) is 13.2. The van der Waals surface area contributed by atoms with Crippen molar-refractivity contribution < 1.29 is 20.1 Å². The fourth-order valence-corrected chi connectivity index (χ4v) is 2.69. The first-order valence-corrected chi connectivity index (χ1v) is 11.4. The Labute approximate surface area is 169 Å². The number of rotatable bonds is 19. The number of aliphatic hydroxyl groups is 3. The summed E-state index contributed by atoms with van der Waals surface area (Å²) >= 11 is 0. The number of unbranched alkanes of at least 4 members (excludes halogenated alkanes) is 12. The molecule has 0 fully saturated rings. The van der Waals surface area contributed by atoms with Crippen molar-refractivity contribution in [3.8, 4) is 0 Å². The molecule has 4 heteroatoms. The second-order valence-corrected chi connectivity index (χ2v) is 7.12. The van der Waals surface area contributed by atoms with Crippen molar-refractivity contribution in [3.63, 3.8) is 0 Å². The lowest BCUT2D eigenvalue weighted by atomic mass is 10.1. The molecule has 4 nitrogen and oxygen atoms in total. The highest BCUT2D eigenvalue weighted by molar-refractivity contribution is 4.81. The molecule has 0 spiro atoms. The molecular formula is C23H48O4. The van der Waals surface area contributed by atoms with Gasteiger partial charge in [0.2, 0.25) is 0 Å². The van der Waals surface area contributed by atoms with Crippen molar-refractivity contribution in [2.24, 2.45) is 0 Å². The van der Waals surface area contributed by atoms with Crippen LogP contribution in [0.3, 0.4) is 0 Å². The first-order valence-electron chi connectivity index (χ1n) is 11.4. The van der Waals surface area contributed by atoms with Gasteiger partial charge in [0.25, 0.3) is 0 Å². The Kier molecular flexibility index (Phi) is 29.6. The van der Waals surface area contributed by atoms with Crippen LogP contribution in [0, 0.1) is 0 Å². The molecule has 0 saturated carbocycles. The van der Waals surface area contributed by atoms with E-state index in [1.54, 1.807) is 0 Å². The fraction of sp³-hybridized carbons (Fsp3) is 0.913. The molecule has 0 aromatic heterocycles. The second kappa shape index (κ2) is 27.8. The van der Waals surface area contributed by atoms with Gasteiger partial charge in [-0.25, -0.2) is 0 Å². The number of hydrogen-bond donors (Lipinski definition) is 3. The van der Waals surface area contributed by atoms with Gasteiger partial charge in [0.15, 0.2) is 6.29 Å². The number of allylic oxidation sites excluding steroid dienone is 2. The van der Waals surface area contributed by atoms with Crippen molar-refractivity contribution >= 4 is 0 Å². The lowest BCUT2D eigenvalue weighted by molar-refractivity contribution is -0.101. The van der Waals surface area contributed by atoms with Gasteiger partial charge in [0.1, 0.15) is 0 Å². The van der Waals surface area contributed by atoms with Gasteiger partial charge in [-0.15, -0.1) is 0 Å². The summed E-state index contributed by atoms with van der Waals surface area (Å²) in [6.45, 7) is 4.67. The predicted octanol–water partition coefficient (Wildman–Crippen LogP) is 5.74. The van der Waals surface area contributed by atoms with Crippen LogP contribution in [0.25, 0.3) is 0 Å². The van der Waals surface area contributed by atoms with Gasteiger partial charge in [0, 0.05) is 6.61 Å². The zero-order chi connectivity index (χ0) is 20.4. The molecule has 0 aliphatic heterocycles. The fourth-order valence-electron chi connectivity index (χ4n) is 2.69. The van der Waals surface area contributed by atoms with Crippen LogP contribution >= 0.6 is 0 Å². The summed E-state index contributed by atoms with van der Waals surface area (Å²) in [5.74, 6) is 0.